The van der Waals surface area contributed by atoms with E-state index in [1.165, 1.54) is 0 Å². The van der Waals surface area contributed by atoms with Gasteiger partial charge in [-0.1, -0.05) is 6.92 Å². The van der Waals surface area contributed by atoms with E-state index in [4.69, 9.17) is 4.74 Å². The number of hydrogen-bond donors (Lipinski definition) is 1. The topological polar surface area (TPSA) is 41.6 Å². The number of rotatable bonds is 7. The summed E-state index contributed by atoms with van der Waals surface area (Å²) in [6.45, 7) is 3.16. The van der Waals surface area contributed by atoms with Gasteiger partial charge < -0.3 is 15.0 Å². The molecule has 1 aliphatic rings. The molecule has 1 N–H and O–H groups in total. The second kappa shape index (κ2) is 6.45. The summed E-state index contributed by atoms with van der Waals surface area (Å²) in [5, 5.41) is 3.14. The van der Waals surface area contributed by atoms with Crippen LogP contribution in [0.3, 0.4) is 0 Å². The SMILES string of the molecule is CCCOc1ccc(NCC(=O)N(C)C2CC2)cc1. The molecule has 1 saturated carbocycles. The molecule has 4 nitrogen and oxygen atoms in total. The molecule has 104 valence electrons. The van der Waals surface area contributed by atoms with E-state index >= 15 is 0 Å². The number of anilines is 1. The summed E-state index contributed by atoms with van der Waals surface area (Å²) in [5.74, 6) is 1.02. The third kappa shape index (κ3) is 4.16. The van der Waals surface area contributed by atoms with E-state index in [1.54, 1.807) is 0 Å². The van der Waals surface area contributed by atoms with Crippen LogP contribution in [0, 0.1) is 0 Å². The number of nitrogens with zero attached hydrogens (tertiary/aromatic N) is 1. The van der Waals surface area contributed by atoms with Crippen LogP contribution in [0.4, 0.5) is 5.69 Å². The van der Waals surface area contributed by atoms with Crippen molar-refractivity contribution in [3.05, 3.63) is 24.3 Å². The van der Waals surface area contributed by atoms with Gasteiger partial charge in [-0.3, -0.25) is 4.79 Å². The van der Waals surface area contributed by atoms with Crippen LogP contribution < -0.4 is 10.1 Å². The highest BCUT2D eigenvalue weighted by molar-refractivity contribution is 5.81. The van der Waals surface area contributed by atoms with Crippen LogP contribution in [0.25, 0.3) is 0 Å². The predicted molar refractivity (Wildman–Crippen MR) is 76.5 cm³/mol. The van der Waals surface area contributed by atoms with Gasteiger partial charge in [0.25, 0.3) is 0 Å². The Morgan fingerprint density at radius 3 is 2.63 bits per heavy atom. The van der Waals surface area contributed by atoms with Crippen molar-refractivity contribution in [3.8, 4) is 5.75 Å². The van der Waals surface area contributed by atoms with Gasteiger partial charge in [-0.25, -0.2) is 0 Å². The van der Waals surface area contributed by atoms with Crippen molar-refractivity contribution in [3.63, 3.8) is 0 Å². The van der Waals surface area contributed by atoms with Gasteiger partial charge in [-0.2, -0.15) is 0 Å². The fourth-order valence-electron chi connectivity index (χ4n) is 1.86. The molecular formula is C15H22N2O2. The maximum Gasteiger partial charge on any atom is 0.241 e. The van der Waals surface area contributed by atoms with Gasteiger partial charge in [0.15, 0.2) is 0 Å². The van der Waals surface area contributed by atoms with Gasteiger partial charge in [0.05, 0.1) is 13.2 Å². The summed E-state index contributed by atoms with van der Waals surface area (Å²) in [6.07, 6.45) is 3.29. The molecule has 1 aromatic carbocycles. The molecule has 1 amide bonds. The lowest BCUT2D eigenvalue weighted by molar-refractivity contribution is -0.128. The smallest absolute Gasteiger partial charge is 0.241 e. The van der Waals surface area contributed by atoms with Crippen molar-refractivity contribution in [1.82, 2.24) is 4.90 Å². The molecule has 0 unspecified atom stereocenters. The van der Waals surface area contributed by atoms with E-state index in [-0.39, 0.29) is 5.91 Å². The first-order chi connectivity index (χ1) is 9.20. The molecular weight excluding hydrogens is 240 g/mol. The van der Waals surface area contributed by atoms with Crippen molar-refractivity contribution in [1.29, 1.82) is 0 Å². The minimum absolute atomic E-state index is 0.147. The lowest BCUT2D eigenvalue weighted by Crippen LogP contribution is -2.33. The molecule has 4 heteroatoms. The Morgan fingerprint density at radius 2 is 2.05 bits per heavy atom. The maximum absolute atomic E-state index is 11.8. The summed E-state index contributed by atoms with van der Waals surface area (Å²) in [4.78, 5) is 13.7. The van der Waals surface area contributed by atoms with Gasteiger partial charge in [-0.05, 0) is 43.5 Å². The molecule has 0 bridgehead atoms. The maximum atomic E-state index is 11.8. The zero-order chi connectivity index (χ0) is 13.7. The van der Waals surface area contributed by atoms with Crippen molar-refractivity contribution >= 4 is 11.6 Å². The second-order valence-corrected chi connectivity index (χ2v) is 4.96. The Labute approximate surface area is 114 Å². The number of amides is 1. The highest BCUT2D eigenvalue weighted by Gasteiger charge is 2.29. The Kier molecular flexibility index (Phi) is 4.66. The second-order valence-electron chi connectivity index (χ2n) is 4.96. The summed E-state index contributed by atoms with van der Waals surface area (Å²) in [6, 6.07) is 8.20. The van der Waals surface area contributed by atoms with Crippen LogP contribution >= 0.6 is 0 Å². The number of hydrogen-bond acceptors (Lipinski definition) is 3. The number of benzene rings is 1. The third-order valence-electron chi connectivity index (χ3n) is 3.26. The van der Waals surface area contributed by atoms with Gasteiger partial charge in [-0.15, -0.1) is 0 Å². The highest BCUT2D eigenvalue weighted by atomic mass is 16.5. The lowest BCUT2D eigenvalue weighted by atomic mass is 10.3. The summed E-state index contributed by atoms with van der Waals surface area (Å²) >= 11 is 0. The van der Waals surface area contributed by atoms with Crippen LogP contribution in [-0.4, -0.2) is 37.0 Å². The number of carbonyl (C=O) groups is 1. The molecule has 1 aliphatic carbocycles. The first-order valence-electron chi connectivity index (χ1n) is 6.93. The van der Waals surface area contributed by atoms with Crippen LogP contribution in [0.2, 0.25) is 0 Å². The molecule has 0 aromatic heterocycles. The van der Waals surface area contributed by atoms with Gasteiger partial charge in [0.1, 0.15) is 5.75 Å². The van der Waals surface area contributed by atoms with Crippen molar-refractivity contribution in [2.24, 2.45) is 0 Å². The molecule has 0 saturated heterocycles. The number of carbonyl (C=O) groups excluding carboxylic acids is 1. The standard InChI is InChI=1S/C15H22N2O2/c1-3-10-19-14-8-4-12(5-9-14)16-11-15(18)17(2)13-6-7-13/h4-5,8-9,13,16H,3,6-7,10-11H2,1-2H3. The van der Waals surface area contributed by atoms with Crippen molar-refractivity contribution in [2.75, 3.05) is 25.5 Å². The van der Waals surface area contributed by atoms with E-state index in [0.717, 1.165) is 37.3 Å². The zero-order valence-electron chi connectivity index (χ0n) is 11.7. The Bertz CT molecular complexity index is 413. The lowest BCUT2D eigenvalue weighted by Gasteiger charge is -2.17. The summed E-state index contributed by atoms with van der Waals surface area (Å²) < 4.78 is 5.51. The summed E-state index contributed by atoms with van der Waals surface area (Å²) in [5.41, 5.74) is 0.946. The Morgan fingerprint density at radius 1 is 1.37 bits per heavy atom. The van der Waals surface area contributed by atoms with Gasteiger partial charge >= 0.3 is 0 Å². The van der Waals surface area contributed by atoms with Crippen LogP contribution in [0.15, 0.2) is 24.3 Å². The minimum Gasteiger partial charge on any atom is -0.494 e. The number of likely N-dealkylation sites (N-methyl/N-ethyl adjacent to an activating group) is 1. The first-order valence-corrected chi connectivity index (χ1v) is 6.93. The average Bonchev–Trinajstić information content (AvgIpc) is 3.27. The van der Waals surface area contributed by atoms with E-state index < -0.39 is 0 Å². The Hall–Kier alpha value is -1.71. The fourth-order valence-corrected chi connectivity index (χ4v) is 1.86. The molecule has 19 heavy (non-hydrogen) atoms. The van der Waals surface area contributed by atoms with Gasteiger partial charge in [0, 0.05) is 18.8 Å². The molecule has 1 fully saturated rings. The van der Waals surface area contributed by atoms with E-state index in [0.29, 0.717) is 12.6 Å². The van der Waals surface area contributed by atoms with Gasteiger partial charge in [0.2, 0.25) is 5.91 Å². The molecule has 0 spiro atoms. The fraction of sp³-hybridized carbons (Fsp3) is 0.533. The summed E-state index contributed by atoms with van der Waals surface area (Å²) in [7, 11) is 1.88. The molecule has 0 aliphatic heterocycles. The van der Waals surface area contributed by atoms with E-state index in [9.17, 15) is 4.79 Å². The highest BCUT2D eigenvalue weighted by Crippen LogP contribution is 2.25. The van der Waals surface area contributed by atoms with Crippen molar-refractivity contribution in [2.45, 2.75) is 32.2 Å². The molecule has 0 atom stereocenters. The van der Waals surface area contributed by atoms with E-state index in [2.05, 4.69) is 12.2 Å². The normalized spacial score (nSPS) is 14.0. The first kappa shape index (κ1) is 13.7. The third-order valence-corrected chi connectivity index (χ3v) is 3.26. The quantitative estimate of drug-likeness (QED) is 0.821. The average molecular weight is 262 g/mol. The molecule has 2 rings (SSSR count). The zero-order valence-corrected chi connectivity index (χ0v) is 11.7. The Balaban J connectivity index is 1.77. The van der Waals surface area contributed by atoms with Crippen LogP contribution in [0.1, 0.15) is 26.2 Å². The molecule has 0 heterocycles. The van der Waals surface area contributed by atoms with Crippen LogP contribution in [-0.2, 0) is 4.79 Å². The minimum atomic E-state index is 0.147. The number of ether oxygens (including phenoxy) is 1. The monoisotopic (exact) mass is 262 g/mol. The van der Waals surface area contributed by atoms with E-state index in [1.807, 2.05) is 36.2 Å². The van der Waals surface area contributed by atoms with Crippen LogP contribution in [0.5, 0.6) is 5.75 Å². The predicted octanol–water partition coefficient (Wildman–Crippen LogP) is 2.51. The van der Waals surface area contributed by atoms with Crippen molar-refractivity contribution < 1.29 is 9.53 Å². The largest absolute Gasteiger partial charge is 0.494 e. The molecule has 1 aromatic rings. The number of nitrogens with one attached hydrogen (secondary N) is 1. The molecule has 0 radical (unpaired) electrons.